The highest BCUT2D eigenvalue weighted by Gasteiger charge is 2.41. The number of rotatable bonds is 0. The normalized spacial score (nSPS) is 25.1. The topological polar surface area (TPSA) is 35.2 Å². The molecule has 0 unspecified atom stereocenters. The molecular weight excluding hydrogens is 222 g/mol. The van der Waals surface area contributed by atoms with Gasteiger partial charge in [-0.15, -0.1) is 0 Å². The maximum absolute atomic E-state index is 6.34. The predicted molar refractivity (Wildman–Crippen MR) is 65.2 cm³/mol. The van der Waals surface area contributed by atoms with E-state index in [1.54, 1.807) is 0 Å². The van der Waals surface area contributed by atoms with Crippen LogP contribution in [0.2, 0.25) is 5.02 Å². The Labute approximate surface area is 101 Å². The lowest BCUT2D eigenvalue weighted by atomic mass is 9.85. The van der Waals surface area contributed by atoms with Gasteiger partial charge >= 0.3 is 0 Å². The van der Waals surface area contributed by atoms with Crippen LogP contribution >= 0.6 is 11.6 Å². The van der Waals surface area contributed by atoms with Gasteiger partial charge < -0.3 is 10.5 Å². The van der Waals surface area contributed by atoms with Gasteiger partial charge in [-0.3, -0.25) is 0 Å². The van der Waals surface area contributed by atoms with Gasteiger partial charge in [0.25, 0.3) is 0 Å². The number of nitrogens with two attached hydrogens (primary N) is 1. The first kappa shape index (κ1) is 10.4. The zero-order chi connectivity index (χ0) is 11.5. The van der Waals surface area contributed by atoms with Crippen LogP contribution in [-0.2, 0) is 11.8 Å². The van der Waals surface area contributed by atoms with E-state index in [1.165, 1.54) is 11.1 Å². The van der Waals surface area contributed by atoms with Gasteiger partial charge in [0.15, 0.2) is 0 Å². The Bertz CT molecular complexity index is 467. The summed E-state index contributed by atoms with van der Waals surface area (Å²) in [6.07, 6.45) is 1.91. The second-order valence-corrected chi connectivity index (χ2v) is 5.84. The highest BCUT2D eigenvalue weighted by Crippen LogP contribution is 2.52. The lowest BCUT2D eigenvalue weighted by Gasteiger charge is -2.21. The van der Waals surface area contributed by atoms with Crippen LogP contribution in [0.5, 0.6) is 5.75 Å². The second kappa shape index (κ2) is 3.14. The third-order valence-corrected chi connectivity index (χ3v) is 4.05. The maximum atomic E-state index is 6.34. The molecule has 2 nitrogen and oxygen atoms in total. The zero-order valence-electron chi connectivity index (χ0n) is 9.64. The average Bonchev–Trinajstić information content (AvgIpc) is 2.68. The van der Waals surface area contributed by atoms with Crippen LogP contribution in [0.1, 0.15) is 43.0 Å². The molecule has 3 rings (SSSR count). The Hall–Kier alpha value is -0.730. The number of hydrogen-bond donors (Lipinski definition) is 1. The minimum atomic E-state index is 0.0481. The van der Waals surface area contributed by atoms with Crippen LogP contribution in [-0.4, -0.2) is 6.61 Å². The molecule has 0 amide bonds. The number of ether oxygens (including phenoxy) is 1. The molecule has 2 N–H and O–H groups in total. The molecule has 16 heavy (non-hydrogen) atoms. The molecule has 86 valence electrons. The van der Waals surface area contributed by atoms with Crippen molar-refractivity contribution in [3.8, 4) is 5.75 Å². The monoisotopic (exact) mass is 237 g/mol. The lowest BCUT2D eigenvalue weighted by Crippen LogP contribution is -2.15. The molecule has 0 bridgehead atoms. The van der Waals surface area contributed by atoms with Crippen LogP contribution in [0.4, 0.5) is 0 Å². The minimum Gasteiger partial charge on any atom is -0.493 e. The summed E-state index contributed by atoms with van der Waals surface area (Å²) >= 11 is 6.34. The van der Waals surface area contributed by atoms with E-state index in [1.807, 2.05) is 6.07 Å². The van der Waals surface area contributed by atoms with Crippen molar-refractivity contribution in [2.45, 2.75) is 38.1 Å². The van der Waals surface area contributed by atoms with Gasteiger partial charge in [-0.25, -0.2) is 0 Å². The molecule has 0 spiro atoms. The number of benzene rings is 1. The number of halogens is 1. The van der Waals surface area contributed by atoms with Gasteiger partial charge in [0, 0.05) is 23.0 Å². The van der Waals surface area contributed by atoms with Crippen molar-refractivity contribution in [1.29, 1.82) is 0 Å². The third kappa shape index (κ3) is 1.23. The molecule has 0 aromatic heterocycles. The molecular formula is C13H16ClNO. The molecule has 0 radical (unpaired) electrons. The maximum Gasteiger partial charge on any atom is 0.126 e. The highest BCUT2D eigenvalue weighted by molar-refractivity contribution is 6.31. The van der Waals surface area contributed by atoms with Gasteiger partial charge in [-0.1, -0.05) is 25.4 Å². The first-order valence-corrected chi connectivity index (χ1v) is 6.12. The second-order valence-electron chi connectivity index (χ2n) is 5.43. The Morgan fingerprint density at radius 1 is 1.50 bits per heavy atom. The van der Waals surface area contributed by atoms with E-state index in [-0.39, 0.29) is 11.5 Å². The van der Waals surface area contributed by atoms with E-state index in [2.05, 4.69) is 13.8 Å². The van der Waals surface area contributed by atoms with Gasteiger partial charge in [-0.2, -0.15) is 0 Å². The summed E-state index contributed by atoms with van der Waals surface area (Å²) in [5.74, 6) is 1.05. The molecule has 1 atom stereocenters. The molecule has 3 heteroatoms. The Morgan fingerprint density at radius 3 is 3.00 bits per heavy atom. The van der Waals surface area contributed by atoms with Crippen LogP contribution in [0.3, 0.4) is 0 Å². The van der Waals surface area contributed by atoms with E-state index in [9.17, 15) is 0 Å². The summed E-state index contributed by atoms with van der Waals surface area (Å²) in [4.78, 5) is 0. The van der Waals surface area contributed by atoms with Crippen molar-refractivity contribution in [3.05, 3.63) is 27.8 Å². The SMILES string of the molecule is CC1(C)C[C@@H](N)c2c(Cl)cc3c(c21)OCC3. The van der Waals surface area contributed by atoms with Gasteiger partial charge in [-0.05, 0) is 29.0 Å². The molecule has 1 aliphatic carbocycles. The fourth-order valence-corrected chi connectivity index (χ4v) is 3.47. The van der Waals surface area contributed by atoms with Gasteiger partial charge in [0.2, 0.25) is 0 Å². The van der Waals surface area contributed by atoms with Gasteiger partial charge in [0.1, 0.15) is 5.75 Å². The van der Waals surface area contributed by atoms with Crippen LogP contribution in [0.15, 0.2) is 6.07 Å². The highest BCUT2D eigenvalue weighted by atomic mass is 35.5. The van der Waals surface area contributed by atoms with Crippen LogP contribution in [0.25, 0.3) is 0 Å². The molecule has 1 aliphatic heterocycles. The van der Waals surface area contributed by atoms with Crippen LogP contribution < -0.4 is 10.5 Å². The van der Waals surface area contributed by atoms with E-state index in [0.717, 1.165) is 35.8 Å². The number of fused-ring (bicyclic) bond motifs is 3. The summed E-state index contributed by atoms with van der Waals surface area (Å²) in [6.45, 7) is 5.21. The Kier molecular flexibility index (Phi) is 2.05. The first-order chi connectivity index (χ1) is 7.50. The third-order valence-electron chi connectivity index (χ3n) is 3.74. The average molecular weight is 238 g/mol. The predicted octanol–water partition coefficient (Wildman–Crippen LogP) is 2.96. The van der Waals surface area contributed by atoms with Crippen molar-refractivity contribution < 1.29 is 4.74 Å². The minimum absolute atomic E-state index is 0.0481. The van der Waals surface area contributed by atoms with Crippen molar-refractivity contribution >= 4 is 11.6 Å². The summed E-state index contributed by atoms with van der Waals surface area (Å²) < 4.78 is 5.77. The van der Waals surface area contributed by atoms with Crippen molar-refractivity contribution in [2.24, 2.45) is 5.73 Å². The molecule has 2 aliphatic rings. The van der Waals surface area contributed by atoms with E-state index < -0.39 is 0 Å². The molecule has 0 fully saturated rings. The quantitative estimate of drug-likeness (QED) is 0.753. The van der Waals surface area contributed by atoms with Crippen molar-refractivity contribution in [1.82, 2.24) is 0 Å². The van der Waals surface area contributed by atoms with E-state index in [0.29, 0.717) is 0 Å². The first-order valence-electron chi connectivity index (χ1n) is 5.75. The van der Waals surface area contributed by atoms with Crippen molar-refractivity contribution in [3.63, 3.8) is 0 Å². The summed E-state index contributed by atoms with van der Waals surface area (Å²) in [5, 5.41) is 0.817. The Morgan fingerprint density at radius 2 is 2.25 bits per heavy atom. The fourth-order valence-electron chi connectivity index (χ4n) is 3.10. The fraction of sp³-hybridized carbons (Fsp3) is 0.538. The summed E-state index contributed by atoms with van der Waals surface area (Å²) in [7, 11) is 0. The van der Waals surface area contributed by atoms with Crippen LogP contribution in [0, 0.1) is 0 Å². The largest absolute Gasteiger partial charge is 0.493 e. The summed E-state index contributed by atoms with van der Waals surface area (Å²) in [6, 6.07) is 2.08. The standard InChI is InChI=1S/C13H16ClNO/c1-13(2)6-9(15)10-8(14)5-7-3-4-16-12(7)11(10)13/h5,9H,3-4,6,15H2,1-2H3/t9-/m1/s1. The number of hydrogen-bond acceptors (Lipinski definition) is 2. The molecule has 1 aromatic rings. The Balaban J connectivity index is 2.33. The van der Waals surface area contributed by atoms with E-state index >= 15 is 0 Å². The van der Waals surface area contributed by atoms with E-state index in [4.69, 9.17) is 22.1 Å². The molecule has 0 saturated carbocycles. The van der Waals surface area contributed by atoms with Gasteiger partial charge in [0.05, 0.1) is 6.61 Å². The summed E-state index contributed by atoms with van der Waals surface area (Å²) in [5.41, 5.74) is 9.85. The zero-order valence-corrected chi connectivity index (χ0v) is 10.4. The molecule has 1 aromatic carbocycles. The molecule has 1 heterocycles. The van der Waals surface area contributed by atoms with Crippen molar-refractivity contribution in [2.75, 3.05) is 6.61 Å². The lowest BCUT2D eigenvalue weighted by molar-refractivity contribution is 0.345. The smallest absolute Gasteiger partial charge is 0.126 e. The molecule has 0 saturated heterocycles.